The second-order valence-electron chi connectivity index (χ2n) is 3.63. The van der Waals surface area contributed by atoms with Crippen LogP contribution in [0.2, 0.25) is 0 Å². The van der Waals surface area contributed by atoms with Crippen LogP contribution in [-0.2, 0) is 9.47 Å². The van der Waals surface area contributed by atoms with E-state index in [-0.39, 0.29) is 12.0 Å². The number of ether oxygens (including phenoxy) is 2. The van der Waals surface area contributed by atoms with Crippen LogP contribution in [0.5, 0.6) is 0 Å². The molecular weight excluding hydrogens is 240 g/mol. The number of esters is 1. The molecule has 17 heavy (non-hydrogen) atoms. The van der Waals surface area contributed by atoms with Gasteiger partial charge in [0.15, 0.2) is 5.13 Å². The maximum Gasteiger partial charge on any atom is 0.350 e. The van der Waals surface area contributed by atoms with Gasteiger partial charge in [-0.15, -0.1) is 0 Å². The first-order chi connectivity index (χ1) is 8.08. The van der Waals surface area contributed by atoms with E-state index in [4.69, 9.17) is 4.74 Å². The average molecular weight is 258 g/mol. The smallest absolute Gasteiger partial charge is 0.350 e. The van der Waals surface area contributed by atoms with Gasteiger partial charge in [-0.3, -0.25) is 0 Å². The van der Waals surface area contributed by atoms with Gasteiger partial charge in [-0.2, -0.15) is 0 Å². The lowest BCUT2D eigenvalue weighted by atomic mass is 10.4. The first kappa shape index (κ1) is 13.9. The quantitative estimate of drug-likeness (QED) is 0.792. The molecule has 1 N–H and O–H groups in total. The topological polar surface area (TPSA) is 60.5 Å². The molecule has 6 heteroatoms. The highest BCUT2D eigenvalue weighted by atomic mass is 32.1. The fraction of sp³-hybridized carbons (Fsp3) is 0.636. The lowest BCUT2D eigenvalue weighted by Gasteiger charge is -2.11. The Hall–Kier alpha value is -1.14. The molecule has 96 valence electrons. The molecule has 0 saturated carbocycles. The van der Waals surface area contributed by atoms with Crippen LogP contribution < -0.4 is 5.32 Å². The van der Waals surface area contributed by atoms with Gasteiger partial charge in [0.05, 0.1) is 19.4 Å². The molecule has 0 fully saturated rings. The van der Waals surface area contributed by atoms with Crippen molar-refractivity contribution < 1.29 is 14.3 Å². The maximum atomic E-state index is 11.4. The molecule has 0 spiro atoms. The lowest BCUT2D eigenvalue weighted by Crippen LogP contribution is -2.21. The number of carbonyl (C=O) groups excluding carboxylic acids is 1. The molecule has 5 nitrogen and oxygen atoms in total. The molecule has 1 heterocycles. The van der Waals surface area contributed by atoms with Crippen LogP contribution in [0, 0.1) is 6.92 Å². The van der Waals surface area contributed by atoms with E-state index in [0.717, 1.165) is 5.13 Å². The summed E-state index contributed by atoms with van der Waals surface area (Å²) in [5, 5.41) is 3.91. The number of hydrogen-bond acceptors (Lipinski definition) is 6. The van der Waals surface area contributed by atoms with E-state index < -0.39 is 0 Å². The van der Waals surface area contributed by atoms with Crippen molar-refractivity contribution in [1.29, 1.82) is 0 Å². The van der Waals surface area contributed by atoms with Crippen molar-refractivity contribution >= 4 is 22.4 Å². The number of anilines is 1. The number of hydrogen-bond donors (Lipinski definition) is 1. The summed E-state index contributed by atoms with van der Waals surface area (Å²) in [4.78, 5) is 16.2. The van der Waals surface area contributed by atoms with Gasteiger partial charge in [-0.05, 0) is 20.8 Å². The van der Waals surface area contributed by atoms with E-state index in [0.29, 0.717) is 23.8 Å². The molecule has 1 atom stereocenters. The van der Waals surface area contributed by atoms with Gasteiger partial charge in [0.2, 0.25) is 0 Å². The molecule has 1 aromatic heterocycles. The summed E-state index contributed by atoms with van der Waals surface area (Å²) in [7, 11) is 1.37. The fourth-order valence-electron chi connectivity index (χ4n) is 1.29. The van der Waals surface area contributed by atoms with E-state index in [1.165, 1.54) is 18.4 Å². The van der Waals surface area contributed by atoms with Crippen molar-refractivity contribution in [3.8, 4) is 0 Å². The zero-order valence-corrected chi connectivity index (χ0v) is 11.4. The van der Waals surface area contributed by atoms with Crippen LogP contribution in [0.4, 0.5) is 5.13 Å². The number of nitrogens with zero attached hydrogens (tertiary/aromatic N) is 1. The van der Waals surface area contributed by atoms with E-state index in [1.807, 2.05) is 13.8 Å². The Morgan fingerprint density at radius 2 is 2.29 bits per heavy atom. The highest BCUT2D eigenvalue weighted by Crippen LogP contribution is 2.23. The first-order valence-electron chi connectivity index (χ1n) is 5.48. The zero-order valence-electron chi connectivity index (χ0n) is 10.6. The van der Waals surface area contributed by atoms with Crippen molar-refractivity contribution in [3.05, 3.63) is 10.6 Å². The van der Waals surface area contributed by atoms with Crippen LogP contribution in [0.3, 0.4) is 0 Å². The van der Waals surface area contributed by atoms with Crippen LogP contribution in [0.15, 0.2) is 0 Å². The number of rotatable bonds is 6. The monoisotopic (exact) mass is 258 g/mol. The minimum absolute atomic E-state index is 0.158. The van der Waals surface area contributed by atoms with Crippen molar-refractivity contribution in [2.45, 2.75) is 26.8 Å². The summed E-state index contributed by atoms with van der Waals surface area (Å²) in [6, 6.07) is 0.158. The molecule has 0 aromatic carbocycles. The third kappa shape index (κ3) is 3.98. The van der Waals surface area contributed by atoms with Crippen molar-refractivity contribution in [1.82, 2.24) is 4.98 Å². The Morgan fingerprint density at radius 3 is 2.88 bits per heavy atom. The van der Waals surface area contributed by atoms with E-state index in [2.05, 4.69) is 15.0 Å². The number of methoxy groups -OCH3 is 1. The summed E-state index contributed by atoms with van der Waals surface area (Å²) in [6.45, 7) is 7.06. The highest BCUT2D eigenvalue weighted by molar-refractivity contribution is 7.17. The Morgan fingerprint density at radius 1 is 1.59 bits per heavy atom. The van der Waals surface area contributed by atoms with Crippen LogP contribution >= 0.6 is 11.3 Å². The van der Waals surface area contributed by atoms with Crippen LogP contribution in [0.1, 0.15) is 29.2 Å². The fourth-order valence-corrected chi connectivity index (χ4v) is 2.28. The third-order valence-electron chi connectivity index (χ3n) is 2.11. The first-order valence-corrected chi connectivity index (χ1v) is 6.30. The van der Waals surface area contributed by atoms with Gasteiger partial charge in [0.25, 0.3) is 0 Å². The molecular formula is C11H18N2O3S. The minimum atomic E-state index is -0.342. The Labute approximate surface area is 105 Å². The molecule has 1 aromatic rings. The van der Waals surface area contributed by atoms with Crippen LogP contribution in [-0.4, -0.2) is 37.3 Å². The normalized spacial score (nSPS) is 12.2. The molecule has 0 aliphatic heterocycles. The number of thiazole rings is 1. The third-order valence-corrected chi connectivity index (χ3v) is 3.18. The average Bonchev–Trinajstić information content (AvgIpc) is 2.66. The Balaban J connectivity index is 2.63. The predicted molar refractivity (Wildman–Crippen MR) is 67.8 cm³/mol. The van der Waals surface area contributed by atoms with Gasteiger partial charge >= 0.3 is 5.97 Å². The standard InChI is InChI=1S/C11H18N2O3S/c1-5-16-6-7(2)12-11-13-8(3)9(17-11)10(14)15-4/h7H,5-6H2,1-4H3,(H,12,13). The Kier molecular flexibility index (Phi) is 5.37. The zero-order chi connectivity index (χ0) is 12.8. The van der Waals surface area contributed by atoms with E-state index >= 15 is 0 Å². The minimum Gasteiger partial charge on any atom is -0.465 e. The molecule has 0 aliphatic rings. The van der Waals surface area contributed by atoms with Gasteiger partial charge in [0, 0.05) is 12.6 Å². The van der Waals surface area contributed by atoms with Crippen molar-refractivity contribution in [3.63, 3.8) is 0 Å². The maximum absolute atomic E-state index is 11.4. The van der Waals surface area contributed by atoms with Gasteiger partial charge in [0.1, 0.15) is 4.88 Å². The van der Waals surface area contributed by atoms with Crippen molar-refractivity contribution in [2.24, 2.45) is 0 Å². The lowest BCUT2D eigenvalue weighted by molar-refractivity contribution is 0.0605. The number of aromatic nitrogens is 1. The summed E-state index contributed by atoms with van der Waals surface area (Å²) in [5.74, 6) is -0.342. The van der Waals surface area contributed by atoms with Gasteiger partial charge in [-0.1, -0.05) is 11.3 Å². The predicted octanol–water partition coefficient (Wildman–Crippen LogP) is 2.08. The van der Waals surface area contributed by atoms with E-state index in [1.54, 1.807) is 6.92 Å². The molecule has 0 saturated heterocycles. The molecule has 0 radical (unpaired) electrons. The molecule has 0 aliphatic carbocycles. The number of carbonyl (C=O) groups is 1. The molecule has 0 amide bonds. The highest BCUT2D eigenvalue weighted by Gasteiger charge is 2.16. The summed E-state index contributed by atoms with van der Waals surface area (Å²) in [6.07, 6.45) is 0. The van der Waals surface area contributed by atoms with Crippen LogP contribution in [0.25, 0.3) is 0 Å². The second kappa shape index (κ2) is 6.56. The summed E-state index contributed by atoms with van der Waals surface area (Å²) < 4.78 is 9.98. The summed E-state index contributed by atoms with van der Waals surface area (Å²) in [5.41, 5.74) is 0.688. The van der Waals surface area contributed by atoms with Gasteiger partial charge in [-0.25, -0.2) is 9.78 Å². The van der Waals surface area contributed by atoms with Gasteiger partial charge < -0.3 is 14.8 Å². The largest absolute Gasteiger partial charge is 0.465 e. The number of nitrogens with one attached hydrogen (secondary N) is 1. The van der Waals surface area contributed by atoms with Crippen molar-refractivity contribution in [2.75, 3.05) is 25.6 Å². The summed E-state index contributed by atoms with van der Waals surface area (Å²) >= 11 is 1.30. The van der Waals surface area contributed by atoms with E-state index in [9.17, 15) is 4.79 Å². The molecule has 1 unspecified atom stereocenters. The second-order valence-corrected chi connectivity index (χ2v) is 4.63. The molecule has 0 bridgehead atoms. The number of aryl methyl sites for hydroxylation is 1. The SMILES string of the molecule is CCOCC(C)Nc1nc(C)c(C(=O)OC)s1. The Bertz CT molecular complexity index is 379. The molecule has 1 rings (SSSR count).